The molecular formula is C13H26N2O4S. The monoisotopic (exact) mass is 306 g/mol. The van der Waals surface area contributed by atoms with Gasteiger partial charge in [-0.2, -0.15) is 0 Å². The Morgan fingerprint density at radius 3 is 2.45 bits per heavy atom. The number of carbonyl (C=O) groups is 1. The maximum Gasteiger partial charge on any atom is 0.240 e. The predicted octanol–water partition coefficient (Wildman–Crippen LogP) is 0.468. The van der Waals surface area contributed by atoms with E-state index in [-0.39, 0.29) is 18.2 Å². The lowest BCUT2D eigenvalue weighted by Gasteiger charge is -2.30. The van der Waals surface area contributed by atoms with E-state index in [0.717, 1.165) is 12.8 Å². The number of aliphatic hydroxyl groups is 1. The van der Waals surface area contributed by atoms with Gasteiger partial charge in [-0.1, -0.05) is 19.8 Å². The summed E-state index contributed by atoms with van der Waals surface area (Å²) in [4.78, 5) is 13.6. The molecule has 1 unspecified atom stereocenters. The quantitative estimate of drug-likeness (QED) is 0.716. The van der Waals surface area contributed by atoms with Crippen LogP contribution in [-0.4, -0.2) is 55.3 Å². The number of nitrogens with zero attached hydrogens (tertiary/aromatic N) is 1. The molecule has 1 aliphatic carbocycles. The molecule has 1 aliphatic rings. The minimum atomic E-state index is -3.41. The summed E-state index contributed by atoms with van der Waals surface area (Å²) in [6.45, 7) is 3.56. The molecule has 0 radical (unpaired) electrons. The Balaban J connectivity index is 2.55. The molecule has 118 valence electrons. The van der Waals surface area contributed by atoms with Crippen molar-refractivity contribution >= 4 is 15.9 Å². The van der Waals surface area contributed by atoms with Gasteiger partial charge in [0.25, 0.3) is 0 Å². The van der Waals surface area contributed by atoms with Gasteiger partial charge in [-0.15, -0.1) is 0 Å². The van der Waals surface area contributed by atoms with E-state index in [0.29, 0.717) is 19.3 Å². The minimum absolute atomic E-state index is 0.0122. The second-order valence-corrected chi connectivity index (χ2v) is 7.66. The highest BCUT2D eigenvalue weighted by molar-refractivity contribution is 7.89. The molecule has 0 aromatic carbocycles. The maximum absolute atomic E-state index is 12.1. The van der Waals surface area contributed by atoms with Crippen LogP contribution in [0.25, 0.3) is 0 Å². The first kappa shape index (κ1) is 17.4. The van der Waals surface area contributed by atoms with Crippen molar-refractivity contribution in [2.24, 2.45) is 0 Å². The summed E-state index contributed by atoms with van der Waals surface area (Å²) in [6, 6.07) is -0.804. The van der Waals surface area contributed by atoms with Crippen LogP contribution in [-0.2, 0) is 14.8 Å². The molecule has 0 saturated heterocycles. The lowest BCUT2D eigenvalue weighted by molar-refractivity contribution is -0.134. The molecule has 2 N–H and O–H groups in total. The molecule has 0 aromatic heterocycles. The number of sulfonamides is 1. The molecule has 7 heteroatoms. The molecule has 1 fully saturated rings. The van der Waals surface area contributed by atoms with Crippen molar-refractivity contribution < 1.29 is 18.3 Å². The van der Waals surface area contributed by atoms with Gasteiger partial charge in [0, 0.05) is 13.6 Å². The average Bonchev–Trinajstić information content (AvgIpc) is 2.73. The number of likely N-dealkylation sites (N-methyl/N-ethyl adjacent to an activating group) is 1. The predicted molar refractivity (Wildman–Crippen MR) is 77.7 cm³/mol. The van der Waals surface area contributed by atoms with Crippen LogP contribution in [0.4, 0.5) is 0 Å². The van der Waals surface area contributed by atoms with E-state index in [1.54, 1.807) is 14.0 Å². The van der Waals surface area contributed by atoms with E-state index in [4.69, 9.17) is 0 Å². The molecule has 1 amide bonds. The molecule has 1 atom stereocenters. The number of rotatable bonds is 7. The van der Waals surface area contributed by atoms with Gasteiger partial charge in [-0.3, -0.25) is 4.79 Å². The van der Waals surface area contributed by atoms with Crippen LogP contribution >= 0.6 is 0 Å². The summed E-state index contributed by atoms with van der Waals surface area (Å²) in [5.74, 6) is -0.303. The van der Waals surface area contributed by atoms with Gasteiger partial charge < -0.3 is 10.0 Å². The second-order valence-electron chi connectivity index (χ2n) is 5.78. The van der Waals surface area contributed by atoms with Crippen molar-refractivity contribution in [2.75, 3.05) is 19.3 Å². The van der Waals surface area contributed by atoms with Crippen LogP contribution in [0.1, 0.15) is 46.0 Å². The Morgan fingerprint density at radius 2 is 1.95 bits per heavy atom. The van der Waals surface area contributed by atoms with Crippen molar-refractivity contribution in [3.05, 3.63) is 0 Å². The van der Waals surface area contributed by atoms with Crippen LogP contribution in [0, 0.1) is 0 Å². The van der Waals surface area contributed by atoms with E-state index in [1.807, 2.05) is 0 Å². The van der Waals surface area contributed by atoms with Gasteiger partial charge in [0.1, 0.15) is 0 Å². The molecule has 6 nitrogen and oxygen atoms in total. The third kappa shape index (κ3) is 5.03. The van der Waals surface area contributed by atoms with Gasteiger partial charge in [-0.05, 0) is 26.2 Å². The largest absolute Gasteiger partial charge is 0.388 e. The number of nitrogens with one attached hydrogen (secondary N) is 1. The highest BCUT2D eigenvalue weighted by atomic mass is 32.2. The lowest BCUT2D eigenvalue weighted by atomic mass is 10.0. The zero-order valence-electron chi connectivity index (χ0n) is 12.6. The van der Waals surface area contributed by atoms with Gasteiger partial charge in [0.05, 0.1) is 17.4 Å². The van der Waals surface area contributed by atoms with E-state index < -0.39 is 21.7 Å². The van der Waals surface area contributed by atoms with Crippen LogP contribution in [0.15, 0.2) is 0 Å². The van der Waals surface area contributed by atoms with Crippen molar-refractivity contribution in [3.8, 4) is 0 Å². The normalized spacial score (nSPS) is 19.8. The fraction of sp³-hybridized carbons (Fsp3) is 0.923. The van der Waals surface area contributed by atoms with E-state index >= 15 is 0 Å². The van der Waals surface area contributed by atoms with Crippen LogP contribution in [0.2, 0.25) is 0 Å². The Bertz CT molecular complexity index is 430. The van der Waals surface area contributed by atoms with Gasteiger partial charge in [0.2, 0.25) is 15.9 Å². The molecule has 0 spiro atoms. The second kappa shape index (κ2) is 6.87. The van der Waals surface area contributed by atoms with E-state index in [9.17, 15) is 18.3 Å². The lowest BCUT2D eigenvalue weighted by Crippen LogP contribution is -2.50. The van der Waals surface area contributed by atoms with Gasteiger partial charge >= 0.3 is 0 Å². The molecule has 0 bridgehead atoms. The van der Waals surface area contributed by atoms with E-state index in [1.165, 1.54) is 11.8 Å². The average molecular weight is 306 g/mol. The fourth-order valence-corrected chi connectivity index (χ4v) is 3.98. The smallest absolute Gasteiger partial charge is 0.240 e. The molecule has 1 rings (SSSR count). The molecule has 0 heterocycles. The topological polar surface area (TPSA) is 86.7 Å². The highest BCUT2D eigenvalue weighted by Gasteiger charge is 2.34. The van der Waals surface area contributed by atoms with Crippen LogP contribution in [0.3, 0.4) is 0 Å². The summed E-state index contributed by atoms with van der Waals surface area (Å²) in [5, 5.41) is 10.3. The summed E-state index contributed by atoms with van der Waals surface area (Å²) in [6.07, 6.45) is 3.83. The summed E-state index contributed by atoms with van der Waals surface area (Å²) in [7, 11) is -1.81. The van der Waals surface area contributed by atoms with Gasteiger partial charge in [0.15, 0.2) is 0 Å². The highest BCUT2D eigenvalue weighted by Crippen LogP contribution is 2.29. The summed E-state index contributed by atoms with van der Waals surface area (Å²) < 4.78 is 25.7. The minimum Gasteiger partial charge on any atom is -0.388 e. The number of hydrogen-bond acceptors (Lipinski definition) is 4. The van der Waals surface area contributed by atoms with Crippen LogP contribution in [0.5, 0.6) is 0 Å². The Labute approximate surface area is 121 Å². The van der Waals surface area contributed by atoms with E-state index in [2.05, 4.69) is 4.72 Å². The SMILES string of the molecule is CCCS(=O)(=O)NC(C)C(=O)N(C)CC1(O)CCCC1. The standard InChI is InChI=1S/C13H26N2O4S/c1-4-9-20(18,19)14-11(2)12(16)15(3)10-13(17)7-5-6-8-13/h11,14,17H,4-10H2,1-3H3. The third-order valence-corrected chi connectivity index (χ3v) is 5.30. The Kier molecular flexibility index (Phi) is 5.97. The van der Waals surface area contributed by atoms with Crippen molar-refractivity contribution in [1.29, 1.82) is 0 Å². The third-order valence-electron chi connectivity index (χ3n) is 3.64. The molecule has 20 heavy (non-hydrogen) atoms. The number of hydrogen-bond donors (Lipinski definition) is 2. The Morgan fingerprint density at radius 1 is 1.40 bits per heavy atom. The van der Waals surface area contributed by atoms with Crippen molar-refractivity contribution in [3.63, 3.8) is 0 Å². The summed E-state index contributed by atoms with van der Waals surface area (Å²) >= 11 is 0. The van der Waals surface area contributed by atoms with Crippen LogP contribution < -0.4 is 4.72 Å². The Hall–Kier alpha value is -0.660. The first-order valence-corrected chi connectivity index (χ1v) is 8.82. The molecule has 0 aliphatic heterocycles. The molecule has 1 saturated carbocycles. The first-order valence-electron chi connectivity index (χ1n) is 7.16. The summed E-state index contributed by atoms with van der Waals surface area (Å²) in [5.41, 5.74) is -0.813. The zero-order valence-corrected chi connectivity index (χ0v) is 13.4. The fourth-order valence-electron chi connectivity index (χ4n) is 2.69. The molecule has 0 aromatic rings. The van der Waals surface area contributed by atoms with Crippen molar-refractivity contribution in [1.82, 2.24) is 9.62 Å². The zero-order chi connectivity index (χ0) is 15.4. The number of carbonyl (C=O) groups excluding carboxylic acids is 1. The maximum atomic E-state index is 12.1. The molecular weight excluding hydrogens is 280 g/mol. The number of amides is 1. The van der Waals surface area contributed by atoms with Gasteiger partial charge in [-0.25, -0.2) is 13.1 Å². The van der Waals surface area contributed by atoms with Crippen molar-refractivity contribution in [2.45, 2.75) is 57.6 Å². The first-order chi connectivity index (χ1) is 9.19.